The predicted molar refractivity (Wildman–Crippen MR) is 57.2 cm³/mol. The first-order valence-electron chi connectivity index (χ1n) is 5.39. The molecule has 1 aromatic rings. The SMILES string of the molecule is CCCc1nc2n(c1CN)CCCN2. The van der Waals surface area contributed by atoms with Crippen LogP contribution >= 0.6 is 0 Å². The molecular formula is C10H18N4. The molecule has 4 nitrogen and oxygen atoms in total. The molecule has 0 saturated carbocycles. The van der Waals surface area contributed by atoms with Crippen LogP contribution < -0.4 is 11.1 Å². The van der Waals surface area contributed by atoms with Gasteiger partial charge in [0, 0.05) is 19.6 Å². The summed E-state index contributed by atoms with van der Waals surface area (Å²) >= 11 is 0. The lowest BCUT2D eigenvalue weighted by Crippen LogP contribution is -2.19. The van der Waals surface area contributed by atoms with Gasteiger partial charge in [-0.25, -0.2) is 4.98 Å². The summed E-state index contributed by atoms with van der Waals surface area (Å²) in [5.74, 6) is 1.01. The first kappa shape index (κ1) is 9.52. The Labute approximate surface area is 84.5 Å². The summed E-state index contributed by atoms with van der Waals surface area (Å²) in [6.45, 7) is 4.87. The van der Waals surface area contributed by atoms with Gasteiger partial charge in [-0.1, -0.05) is 13.3 Å². The number of rotatable bonds is 3. The Balaban J connectivity index is 2.36. The molecule has 2 rings (SSSR count). The number of anilines is 1. The maximum atomic E-state index is 5.76. The summed E-state index contributed by atoms with van der Waals surface area (Å²) < 4.78 is 2.23. The van der Waals surface area contributed by atoms with Gasteiger partial charge in [0.1, 0.15) is 0 Å². The van der Waals surface area contributed by atoms with E-state index in [0.717, 1.165) is 31.9 Å². The predicted octanol–water partition coefficient (Wildman–Crippen LogP) is 1.11. The van der Waals surface area contributed by atoms with Crippen LogP contribution in [0, 0.1) is 0 Å². The van der Waals surface area contributed by atoms with Gasteiger partial charge in [0.05, 0.1) is 11.4 Å². The van der Waals surface area contributed by atoms with Crippen LogP contribution in [0.1, 0.15) is 31.2 Å². The van der Waals surface area contributed by atoms with Crippen molar-refractivity contribution in [3.8, 4) is 0 Å². The van der Waals surface area contributed by atoms with E-state index in [-0.39, 0.29) is 0 Å². The fraction of sp³-hybridized carbons (Fsp3) is 0.700. The molecule has 0 unspecified atom stereocenters. The van der Waals surface area contributed by atoms with Crippen molar-refractivity contribution in [2.24, 2.45) is 5.73 Å². The molecule has 0 aliphatic carbocycles. The van der Waals surface area contributed by atoms with Gasteiger partial charge < -0.3 is 15.6 Å². The Hall–Kier alpha value is -1.03. The molecule has 1 aliphatic rings. The Morgan fingerprint density at radius 2 is 2.43 bits per heavy atom. The molecule has 0 atom stereocenters. The maximum absolute atomic E-state index is 5.76. The van der Waals surface area contributed by atoms with Gasteiger partial charge in [-0.15, -0.1) is 0 Å². The second-order valence-corrected chi connectivity index (χ2v) is 3.71. The zero-order chi connectivity index (χ0) is 9.97. The van der Waals surface area contributed by atoms with Crippen LogP contribution in [0.2, 0.25) is 0 Å². The molecule has 0 amide bonds. The van der Waals surface area contributed by atoms with Gasteiger partial charge in [0.25, 0.3) is 0 Å². The average molecular weight is 194 g/mol. The largest absolute Gasteiger partial charge is 0.356 e. The van der Waals surface area contributed by atoms with Crippen LogP contribution in [0.25, 0.3) is 0 Å². The zero-order valence-electron chi connectivity index (χ0n) is 8.71. The molecule has 3 N–H and O–H groups in total. The molecule has 0 bridgehead atoms. The lowest BCUT2D eigenvalue weighted by atomic mass is 10.2. The highest BCUT2D eigenvalue weighted by molar-refractivity contribution is 5.35. The summed E-state index contributed by atoms with van der Waals surface area (Å²) in [7, 11) is 0. The van der Waals surface area contributed by atoms with Crippen molar-refractivity contribution in [2.45, 2.75) is 39.3 Å². The number of aryl methyl sites for hydroxylation is 1. The van der Waals surface area contributed by atoms with Crippen molar-refractivity contribution < 1.29 is 0 Å². The molecule has 0 spiro atoms. The van der Waals surface area contributed by atoms with E-state index in [1.807, 2.05) is 0 Å². The molecule has 1 aliphatic heterocycles. The average Bonchev–Trinajstić information content (AvgIpc) is 2.55. The topological polar surface area (TPSA) is 55.9 Å². The van der Waals surface area contributed by atoms with E-state index in [2.05, 4.69) is 21.8 Å². The molecule has 0 radical (unpaired) electrons. The van der Waals surface area contributed by atoms with E-state index in [0.29, 0.717) is 6.54 Å². The molecule has 0 aromatic carbocycles. The van der Waals surface area contributed by atoms with Gasteiger partial charge in [-0.2, -0.15) is 0 Å². The van der Waals surface area contributed by atoms with Crippen molar-refractivity contribution in [3.63, 3.8) is 0 Å². The van der Waals surface area contributed by atoms with Gasteiger partial charge in [-0.3, -0.25) is 0 Å². The van der Waals surface area contributed by atoms with E-state index in [9.17, 15) is 0 Å². The molecule has 14 heavy (non-hydrogen) atoms. The number of nitrogens with zero attached hydrogens (tertiary/aromatic N) is 2. The van der Waals surface area contributed by atoms with Crippen molar-refractivity contribution >= 4 is 5.95 Å². The quantitative estimate of drug-likeness (QED) is 0.758. The summed E-state index contributed by atoms with van der Waals surface area (Å²) in [6.07, 6.45) is 3.33. The number of nitrogens with one attached hydrogen (secondary N) is 1. The van der Waals surface area contributed by atoms with Crippen molar-refractivity contribution in [3.05, 3.63) is 11.4 Å². The lowest BCUT2D eigenvalue weighted by molar-refractivity contribution is 0.602. The smallest absolute Gasteiger partial charge is 0.203 e. The molecule has 0 saturated heterocycles. The fourth-order valence-electron chi connectivity index (χ4n) is 2.01. The van der Waals surface area contributed by atoms with E-state index in [4.69, 9.17) is 5.73 Å². The number of aromatic nitrogens is 2. The molecule has 2 heterocycles. The fourth-order valence-corrected chi connectivity index (χ4v) is 2.01. The summed E-state index contributed by atoms with van der Waals surface area (Å²) in [6, 6.07) is 0. The van der Waals surface area contributed by atoms with E-state index in [1.165, 1.54) is 17.8 Å². The highest BCUT2D eigenvalue weighted by Crippen LogP contribution is 2.20. The van der Waals surface area contributed by atoms with E-state index < -0.39 is 0 Å². The minimum Gasteiger partial charge on any atom is -0.356 e. The molecule has 78 valence electrons. The monoisotopic (exact) mass is 194 g/mol. The first-order valence-corrected chi connectivity index (χ1v) is 5.39. The van der Waals surface area contributed by atoms with Gasteiger partial charge in [0.2, 0.25) is 5.95 Å². The van der Waals surface area contributed by atoms with Crippen LogP contribution in [-0.2, 0) is 19.5 Å². The van der Waals surface area contributed by atoms with Crippen LogP contribution in [0.4, 0.5) is 5.95 Å². The van der Waals surface area contributed by atoms with Crippen molar-refractivity contribution in [2.75, 3.05) is 11.9 Å². The summed E-state index contributed by atoms with van der Waals surface area (Å²) in [5.41, 5.74) is 8.16. The van der Waals surface area contributed by atoms with Crippen molar-refractivity contribution in [1.82, 2.24) is 9.55 Å². The highest BCUT2D eigenvalue weighted by atomic mass is 15.2. The second kappa shape index (κ2) is 4.00. The Bertz CT molecular complexity index is 316. The van der Waals surface area contributed by atoms with Crippen LogP contribution in [0.15, 0.2) is 0 Å². The summed E-state index contributed by atoms with van der Waals surface area (Å²) in [4.78, 5) is 4.58. The molecule has 1 aromatic heterocycles. The van der Waals surface area contributed by atoms with Gasteiger partial charge in [0.15, 0.2) is 0 Å². The Morgan fingerprint density at radius 3 is 3.14 bits per heavy atom. The normalized spacial score (nSPS) is 15.0. The van der Waals surface area contributed by atoms with Crippen LogP contribution in [-0.4, -0.2) is 16.1 Å². The highest BCUT2D eigenvalue weighted by Gasteiger charge is 2.17. The summed E-state index contributed by atoms with van der Waals surface area (Å²) in [5, 5.41) is 3.31. The Morgan fingerprint density at radius 1 is 1.57 bits per heavy atom. The second-order valence-electron chi connectivity index (χ2n) is 3.71. The first-order chi connectivity index (χ1) is 6.86. The lowest BCUT2D eigenvalue weighted by Gasteiger charge is -2.17. The maximum Gasteiger partial charge on any atom is 0.203 e. The number of hydrogen-bond donors (Lipinski definition) is 2. The minimum absolute atomic E-state index is 0.601. The van der Waals surface area contributed by atoms with Crippen LogP contribution in [0.5, 0.6) is 0 Å². The number of nitrogens with two attached hydrogens (primary N) is 1. The van der Waals surface area contributed by atoms with Crippen molar-refractivity contribution in [1.29, 1.82) is 0 Å². The molecular weight excluding hydrogens is 176 g/mol. The van der Waals surface area contributed by atoms with Gasteiger partial charge in [-0.05, 0) is 12.8 Å². The Kier molecular flexibility index (Phi) is 2.72. The third-order valence-electron chi connectivity index (χ3n) is 2.68. The van der Waals surface area contributed by atoms with Gasteiger partial charge >= 0.3 is 0 Å². The molecule has 4 heteroatoms. The van der Waals surface area contributed by atoms with E-state index in [1.54, 1.807) is 0 Å². The number of imidazole rings is 1. The third kappa shape index (κ3) is 1.50. The standard InChI is InChI=1S/C10H18N4/c1-2-4-8-9(7-11)14-6-3-5-12-10(14)13-8/h2-7,11H2,1H3,(H,12,13). The molecule has 0 fully saturated rings. The van der Waals surface area contributed by atoms with Crippen LogP contribution in [0.3, 0.4) is 0 Å². The zero-order valence-corrected chi connectivity index (χ0v) is 8.71. The number of fused-ring (bicyclic) bond motifs is 1. The van der Waals surface area contributed by atoms with E-state index >= 15 is 0 Å². The number of hydrogen-bond acceptors (Lipinski definition) is 3. The minimum atomic E-state index is 0.601. The third-order valence-corrected chi connectivity index (χ3v) is 2.68.